The molecule has 0 amide bonds. The summed E-state index contributed by atoms with van der Waals surface area (Å²) in [7, 11) is 0. The number of anilines is 1. The van der Waals surface area contributed by atoms with Crippen LogP contribution in [0.2, 0.25) is 0 Å². The van der Waals surface area contributed by atoms with E-state index in [1.807, 2.05) is 19.1 Å². The van der Waals surface area contributed by atoms with Crippen molar-refractivity contribution in [2.75, 3.05) is 11.4 Å². The van der Waals surface area contributed by atoms with Crippen LogP contribution in [0.15, 0.2) is 54.2 Å². The van der Waals surface area contributed by atoms with E-state index in [0.717, 1.165) is 12.2 Å². The van der Waals surface area contributed by atoms with Crippen LogP contribution in [-0.2, 0) is 0 Å². The second-order valence-electron chi connectivity index (χ2n) is 4.36. The zero-order chi connectivity index (χ0) is 13.7. The van der Waals surface area contributed by atoms with Gasteiger partial charge in [0.05, 0.1) is 12.5 Å². The molecule has 0 aliphatic carbocycles. The quantitative estimate of drug-likeness (QED) is 0.799. The van der Waals surface area contributed by atoms with Gasteiger partial charge in [0, 0.05) is 23.3 Å². The standard InChI is InChI=1S/C17H18N2/c1-3-15(12-13-18)19(4-2)17-11-7-9-14-8-5-6-10-16(14)17/h3,5-11H,4,12H2,1-2H3/b15-3+. The molecule has 96 valence electrons. The molecule has 0 saturated carbocycles. The normalized spacial score (nSPS) is 11.3. The molecule has 19 heavy (non-hydrogen) atoms. The summed E-state index contributed by atoms with van der Waals surface area (Å²) in [6.45, 7) is 4.96. The van der Waals surface area contributed by atoms with Crippen molar-refractivity contribution in [1.29, 1.82) is 5.26 Å². The predicted molar refractivity (Wildman–Crippen MR) is 81.0 cm³/mol. The summed E-state index contributed by atoms with van der Waals surface area (Å²) in [5.41, 5.74) is 2.23. The molecule has 0 atom stereocenters. The van der Waals surface area contributed by atoms with Crippen LogP contribution in [0.5, 0.6) is 0 Å². The van der Waals surface area contributed by atoms with Gasteiger partial charge in [0.25, 0.3) is 0 Å². The van der Waals surface area contributed by atoms with Gasteiger partial charge >= 0.3 is 0 Å². The van der Waals surface area contributed by atoms with E-state index in [1.165, 1.54) is 16.5 Å². The number of benzene rings is 2. The Morgan fingerprint density at radius 2 is 1.95 bits per heavy atom. The second-order valence-corrected chi connectivity index (χ2v) is 4.36. The summed E-state index contributed by atoms with van der Waals surface area (Å²) >= 11 is 0. The molecule has 0 aliphatic heterocycles. The van der Waals surface area contributed by atoms with Crippen molar-refractivity contribution < 1.29 is 0 Å². The first-order chi connectivity index (χ1) is 9.31. The molecular formula is C17H18N2. The van der Waals surface area contributed by atoms with E-state index < -0.39 is 0 Å². The van der Waals surface area contributed by atoms with E-state index in [4.69, 9.17) is 5.26 Å². The van der Waals surface area contributed by atoms with Gasteiger partial charge in [0.2, 0.25) is 0 Å². The van der Waals surface area contributed by atoms with E-state index in [0.29, 0.717) is 6.42 Å². The van der Waals surface area contributed by atoms with Gasteiger partial charge in [-0.15, -0.1) is 0 Å². The molecule has 2 aromatic rings. The maximum Gasteiger partial charge on any atom is 0.0751 e. The maximum absolute atomic E-state index is 8.95. The molecule has 0 heterocycles. The highest BCUT2D eigenvalue weighted by Crippen LogP contribution is 2.29. The minimum absolute atomic E-state index is 0.438. The Morgan fingerprint density at radius 3 is 2.63 bits per heavy atom. The zero-order valence-corrected chi connectivity index (χ0v) is 11.4. The molecular weight excluding hydrogens is 232 g/mol. The fourth-order valence-corrected chi connectivity index (χ4v) is 2.41. The highest BCUT2D eigenvalue weighted by molar-refractivity contribution is 5.94. The summed E-state index contributed by atoms with van der Waals surface area (Å²) in [6.07, 6.45) is 2.46. The highest BCUT2D eigenvalue weighted by Gasteiger charge is 2.11. The average Bonchev–Trinajstić information content (AvgIpc) is 2.47. The van der Waals surface area contributed by atoms with Crippen LogP contribution in [-0.4, -0.2) is 6.54 Å². The number of hydrogen-bond acceptors (Lipinski definition) is 2. The van der Waals surface area contributed by atoms with E-state index in [-0.39, 0.29) is 0 Å². The molecule has 0 fully saturated rings. The monoisotopic (exact) mass is 250 g/mol. The molecule has 0 bridgehead atoms. The Labute approximate surface area is 114 Å². The van der Waals surface area contributed by atoms with Gasteiger partial charge in [-0.05, 0) is 25.3 Å². The van der Waals surface area contributed by atoms with E-state index in [2.05, 4.69) is 54.3 Å². The lowest BCUT2D eigenvalue weighted by Gasteiger charge is -2.26. The molecule has 0 aliphatic rings. The van der Waals surface area contributed by atoms with Crippen molar-refractivity contribution >= 4 is 16.5 Å². The van der Waals surface area contributed by atoms with Gasteiger partial charge in [0.15, 0.2) is 0 Å². The molecule has 0 unspecified atom stereocenters. The topological polar surface area (TPSA) is 27.0 Å². The number of allylic oxidation sites excluding steroid dienone is 2. The molecule has 0 aromatic heterocycles. The molecule has 2 aromatic carbocycles. The number of nitriles is 1. The Kier molecular flexibility index (Phi) is 4.20. The molecule has 0 N–H and O–H groups in total. The van der Waals surface area contributed by atoms with E-state index >= 15 is 0 Å². The minimum atomic E-state index is 0.438. The Morgan fingerprint density at radius 1 is 1.21 bits per heavy atom. The molecule has 0 radical (unpaired) electrons. The van der Waals surface area contributed by atoms with Crippen molar-refractivity contribution in [1.82, 2.24) is 0 Å². The summed E-state index contributed by atoms with van der Waals surface area (Å²) in [4.78, 5) is 2.21. The Balaban J connectivity index is 2.56. The van der Waals surface area contributed by atoms with Crippen LogP contribution < -0.4 is 4.90 Å². The molecule has 2 nitrogen and oxygen atoms in total. The van der Waals surface area contributed by atoms with Gasteiger partial charge < -0.3 is 4.90 Å². The van der Waals surface area contributed by atoms with Crippen molar-refractivity contribution in [3.8, 4) is 6.07 Å². The van der Waals surface area contributed by atoms with Gasteiger partial charge in [0.1, 0.15) is 0 Å². The number of hydrogen-bond donors (Lipinski definition) is 0. The van der Waals surface area contributed by atoms with Gasteiger partial charge in [-0.25, -0.2) is 0 Å². The first-order valence-corrected chi connectivity index (χ1v) is 6.59. The van der Waals surface area contributed by atoms with Crippen LogP contribution >= 0.6 is 0 Å². The van der Waals surface area contributed by atoms with Crippen LogP contribution in [0.3, 0.4) is 0 Å². The van der Waals surface area contributed by atoms with Crippen molar-refractivity contribution in [3.63, 3.8) is 0 Å². The summed E-state index contributed by atoms with van der Waals surface area (Å²) in [6, 6.07) is 16.9. The van der Waals surface area contributed by atoms with Gasteiger partial charge in [-0.1, -0.05) is 42.5 Å². The lowest BCUT2D eigenvalue weighted by Crippen LogP contribution is -2.21. The van der Waals surface area contributed by atoms with E-state index in [1.54, 1.807) is 0 Å². The fraction of sp³-hybridized carbons (Fsp3) is 0.235. The lowest BCUT2D eigenvalue weighted by molar-refractivity contribution is 0.926. The van der Waals surface area contributed by atoms with Gasteiger partial charge in [-0.2, -0.15) is 5.26 Å². The number of nitrogens with zero attached hydrogens (tertiary/aromatic N) is 2. The van der Waals surface area contributed by atoms with Crippen LogP contribution in [0.25, 0.3) is 10.8 Å². The number of rotatable bonds is 4. The third-order valence-corrected chi connectivity index (χ3v) is 3.31. The maximum atomic E-state index is 8.95. The smallest absolute Gasteiger partial charge is 0.0751 e. The Bertz CT molecular complexity index is 630. The van der Waals surface area contributed by atoms with E-state index in [9.17, 15) is 0 Å². The average molecular weight is 250 g/mol. The van der Waals surface area contributed by atoms with Gasteiger partial charge in [-0.3, -0.25) is 0 Å². The van der Waals surface area contributed by atoms with Crippen LogP contribution in [0, 0.1) is 11.3 Å². The molecule has 0 spiro atoms. The molecule has 0 saturated heterocycles. The SMILES string of the molecule is C/C=C(\CC#N)N(CC)c1cccc2ccccc12. The third-order valence-electron chi connectivity index (χ3n) is 3.31. The minimum Gasteiger partial charge on any atom is -0.344 e. The number of fused-ring (bicyclic) bond motifs is 1. The first-order valence-electron chi connectivity index (χ1n) is 6.59. The lowest BCUT2D eigenvalue weighted by atomic mass is 10.1. The second kappa shape index (κ2) is 6.06. The van der Waals surface area contributed by atoms with Crippen LogP contribution in [0.1, 0.15) is 20.3 Å². The van der Waals surface area contributed by atoms with Crippen molar-refractivity contribution in [3.05, 3.63) is 54.2 Å². The third kappa shape index (κ3) is 2.61. The summed E-state index contributed by atoms with van der Waals surface area (Å²) < 4.78 is 0. The molecule has 2 heteroatoms. The summed E-state index contributed by atoms with van der Waals surface area (Å²) in [5.74, 6) is 0. The predicted octanol–water partition coefficient (Wildman–Crippen LogP) is 4.48. The van der Waals surface area contributed by atoms with Crippen LogP contribution in [0.4, 0.5) is 5.69 Å². The van der Waals surface area contributed by atoms with Crippen molar-refractivity contribution in [2.45, 2.75) is 20.3 Å². The molecule has 2 rings (SSSR count). The fourth-order valence-electron chi connectivity index (χ4n) is 2.41. The zero-order valence-electron chi connectivity index (χ0n) is 11.4. The Hall–Kier alpha value is -2.27. The first kappa shape index (κ1) is 13.2. The summed E-state index contributed by atoms with van der Waals surface area (Å²) in [5, 5.41) is 11.4. The van der Waals surface area contributed by atoms with Crippen molar-refractivity contribution in [2.24, 2.45) is 0 Å². The largest absolute Gasteiger partial charge is 0.344 e. The highest BCUT2D eigenvalue weighted by atomic mass is 15.1.